The molecule has 1 aliphatic rings. The number of nitrogens with one attached hydrogen (secondary N) is 1. The summed E-state index contributed by atoms with van der Waals surface area (Å²) in [5.41, 5.74) is 0.520. The summed E-state index contributed by atoms with van der Waals surface area (Å²) < 4.78 is 13.2. The molecule has 0 heterocycles. The van der Waals surface area contributed by atoms with Crippen LogP contribution in [-0.2, 0) is 4.79 Å². The van der Waals surface area contributed by atoms with E-state index >= 15 is 0 Å². The highest BCUT2D eigenvalue weighted by Crippen LogP contribution is 2.34. The highest BCUT2D eigenvalue weighted by atomic mass is 19.1. The molecule has 0 radical (unpaired) electrons. The summed E-state index contributed by atoms with van der Waals surface area (Å²) in [6.45, 7) is 1.84. The zero-order valence-electron chi connectivity index (χ0n) is 9.79. The molecule has 0 aliphatic heterocycles. The summed E-state index contributed by atoms with van der Waals surface area (Å²) >= 11 is 0. The fraction of sp³-hybridized carbons (Fsp3) is 0.462. The lowest BCUT2D eigenvalue weighted by Gasteiger charge is -2.27. The van der Waals surface area contributed by atoms with Crippen LogP contribution >= 0.6 is 0 Å². The van der Waals surface area contributed by atoms with Crippen LogP contribution in [0.2, 0.25) is 0 Å². The normalized spacial score (nSPS) is 18.0. The summed E-state index contributed by atoms with van der Waals surface area (Å²) in [6.07, 6.45) is 2.98. The number of aliphatic carboxylic acids is 1. The minimum Gasteiger partial charge on any atom is -0.480 e. The van der Waals surface area contributed by atoms with E-state index in [1.807, 2.05) is 6.92 Å². The Hall–Kier alpha value is -1.58. The Morgan fingerprint density at radius 3 is 2.65 bits per heavy atom. The number of carbonyl (C=O) groups is 1. The molecule has 0 bridgehead atoms. The van der Waals surface area contributed by atoms with Crippen LogP contribution in [0.4, 0.5) is 10.1 Å². The lowest BCUT2D eigenvalue weighted by atomic mass is 9.96. The summed E-state index contributed by atoms with van der Waals surface area (Å²) in [4.78, 5) is 11.4. The average Bonchev–Trinajstić information content (AvgIpc) is 2.73. The molecule has 1 aliphatic carbocycles. The van der Waals surface area contributed by atoms with Crippen LogP contribution in [0.25, 0.3) is 0 Å². The van der Waals surface area contributed by atoms with Gasteiger partial charge < -0.3 is 10.4 Å². The van der Waals surface area contributed by atoms with Crippen LogP contribution in [-0.4, -0.2) is 16.6 Å². The zero-order valence-corrected chi connectivity index (χ0v) is 9.79. The maximum absolute atomic E-state index is 13.2. The number of aryl methyl sites for hydroxylation is 1. The van der Waals surface area contributed by atoms with Crippen molar-refractivity contribution in [2.75, 3.05) is 5.32 Å². The van der Waals surface area contributed by atoms with Gasteiger partial charge in [0.1, 0.15) is 11.4 Å². The van der Waals surface area contributed by atoms with Crippen molar-refractivity contribution >= 4 is 11.7 Å². The van der Waals surface area contributed by atoms with Gasteiger partial charge in [0.25, 0.3) is 0 Å². The van der Waals surface area contributed by atoms with Crippen LogP contribution in [0.3, 0.4) is 0 Å². The highest BCUT2D eigenvalue weighted by molar-refractivity contribution is 5.83. The minimum atomic E-state index is -0.918. The molecule has 1 aromatic carbocycles. The fourth-order valence-electron chi connectivity index (χ4n) is 2.36. The van der Waals surface area contributed by atoms with Crippen LogP contribution in [0.5, 0.6) is 0 Å². The molecule has 92 valence electrons. The van der Waals surface area contributed by atoms with Gasteiger partial charge in [-0.1, -0.05) is 18.9 Å². The molecule has 0 saturated heterocycles. The first kappa shape index (κ1) is 11.9. The van der Waals surface area contributed by atoms with Gasteiger partial charge in [-0.2, -0.15) is 0 Å². The summed E-state index contributed by atoms with van der Waals surface area (Å²) in [6, 6.07) is 4.39. The monoisotopic (exact) mass is 237 g/mol. The van der Waals surface area contributed by atoms with Crippen molar-refractivity contribution in [2.24, 2.45) is 0 Å². The number of anilines is 1. The van der Waals surface area contributed by atoms with E-state index in [0.29, 0.717) is 18.5 Å². The molecule has 2 rings (SSSR count). The Morgan fingerprint density at radius 2 is 2.06 bits per heavy atom. The first-order chi connectivity index (χ1) is 8.03. The number of carboxylic acid groups (broad SMARTS) is 1. The van der Waals surface area contributed by atoms with Gasteiger partial charge in [0, 0.05) is 5.69 Å². The highest BCUT2D eigenvalue weighted by Gasteiger charge is 2.41. The summed E-state index contributed by atoms with van der Waals surface area (Å²) in [5, 5.41) is 12.4. The van der Waals surface area contributed by atoms with E-state index in [1.165, 1.54) is 12.1 Å². The van der Waals surface area contributed by atoms with Gasteiger partial charge in [-0.3, -0.25) is 0 Å². The molecule has 1 saturated carbocycles. The van der Waals surface area contributed by atoms with Crippen molar-refractivity contribution in [2.45, 2.75) is 38.1 Å². The van der Waals surface area contributed by atoms with Gasteiger partial charge in [-0.05, 0) is 37.5 Å². The molecule has 1 aromatic rings. The van der Waals surface area contributed by atoms with E-state index in [4.69, 9.17) is 0 Å². The molecule has 2 N–H and O–H groups in total. The molecule has 1 fully saturated rings. The van der Waals surface area contributed by atoms with Crippen molar-refractivity contribution in [3.8, 4) is 0 Å². The van der Waals surface area contributed by atoms with Gasteiger partial charge in [0.2, 0.25) is 0 Å². The smallest absolute Gasteiger partial charge is 0.329 e. The number of hydrogen-bond acceptors (Lipinski definition) is 2. The second-order valence-electron chi connectivity index (χ2n) is 4.68. The molecule has 0 amide bonds. The predicted octanol–water partition coefficient (Wildman–Crippen LogP) is 2.94. The van der Waals surface area contributed by atoms with Crippen molar-refractivity contribution < 1.29 is 14.3 Å². The third-order valence-electron chi connectivity index (χ3n) is 3.44. The second kappa shape index (κ2) is 4.35. The van der Waals surface area contributed by atoms with Gasteiger partial charge in [0.15, 0.2) is 0 Å². The van der Waals surface area contributed by atoms with Crippen molar-refractivity contribution in [1.29, 1.82) is 0 Å². The van der Waals surface area contributed by atoms with Crippen LogP contribution in [0, 0.1) is 12.7 Å². The lowest BCUT2D eigenvalue weighted by molar-refractivity contribution is -0.142. The van der Waals surface area contributed by atoms with E-state index < -0.39 is 11.5 Å². The Balaban J connectivity index is 2.29. The molecule has 0 atom stereocenters. The molecule has 4 heteroatoms. The molecule has 0 unspecified atom stereocenters. The van der Waals surface area contributed by atoms with Crippen molar-refractivity contribution in [1.82, 2.24) is 0 Å². The average molecular weight is 237 g/mol. The standard InChI is InChI=1S/C13H16FNO2/c1-9-4-5-10(14)8-11(9)15-13(12(16)17)6-2-3-7-13/h4-5,8,15H,2-3,6-7H2,1H3,(H,16,17). The Labute approximate surface area is 99.7 Å². The topological polar surface area (TPSA) is 49.3 Å². The quantitative estimate of drug-likeness (QED) is 0.849. The second-order valence-corrected chi connectivity index (χ2v) is 4.68. The molecule has 17 heavy (non-hydrogen) atoms. The first-order valence-corrected chi connectivity index (χ1v) is 5.81. The zero-order chi connectivity index (χ0) is 12.5. The third-order valence-corrected chi connectivity index (χ3v) is 3.44. The number of hydrogen-bond donors (Lipinski definition) is 2. The maximum atomic E-state index is 13.2. The van der Waals surface area contributed by atoms with E-state index in [0.717, 1.165) is 18.4 Å². The molecule has 0 aromatic heterocycles. The molecular formula is C13H16FNO2. The van der Waals surface area contributed by atoms with E-state index in [-0.39, 0.29) is 5.82 Å². The minimum absolute atomic E-state index is 0.350. The maximum Gasteiger partial charge on any atom is 0.329 e. The molecular weight excluding hydrogens is 221 g/mol. The first-order valence-electron chi connectivity index (χ1n) is 5.81. The predicted molar refractivity (Wildman–Crippen MR) is 63.6 cm³/mol. The largest absolute Gasteiger partial charge is 0.480 e. The van der Waals surface area contributed by atoms with E-state index in [1.54, 1.807) is 6.07 Å². The third kappa shape index (κ3) is 2.25. The summed E-state index contributed by atoms with van der Waals surface area (Å²) in [7, 11) is 0. The molecule has 3 nitrogen and oxygen atoms in total. The number of halogens is 1. The van der Waals surface area contributed by atoms with Crippen LogP contribution in [0.15, 0.2) is 18.2 Å². The van der Waals surface area contributed by atoms with Gasteiger partial charge in [0.05, 0.1) is 0 Å². The number of benzene rings is 1. The molecule has 0 spiro atoms. The van der Waals surface area contributed by atoms with Gasteiger partial charge in [-0.15, -0.1) is 0 Å². The Morgan fingerprint density at radius 1 is 1.41 bits per heavy atom. The van der Waals surface area contributed by atoms with E-state index in [9.17, 15) is 14.3 Å². The Bertz CT molecular complexity index is 439. The van der Waals surface area contributed by atoms with Crippen LogP contribution < -0.4 is 5.32 Å². The SMILES string of the molecule is Cc1ccc(F)cc1NC1(C(=O)O)CCCC1. The summed E-state index contributed by atoms with van der Waals surface area (Å²) in [5.74, 6) is -1.20. The Kier molecular flexibility index (Phi) is 3.05. The number of rotatable bonds is 3. The lowest BCUT2D eigenvalue weighted by Crippen LogP contribution is -2.43. The van der Waals surface area contributed by atoms with Crippen LogP contribution in [0.1, 0.15) is 31.2 Å². The van der Waals surface area contributed by atoms with Crippen molar-refractivity contribution in [3.05, 3.63) is 29.6 Å². The van der Waals surface area contributed by atoms with Gasteiger partial charge >= 0.3 is 5.97 Å². The van der Waals surface area contributed by atoms with Crippen molar-refractivity contribution in [3.63, 3.8) is 0 Å². The van der Waals surface area contributed by atoms with Gasteiger partial charge in [-0.25, -0.2) is 9.18 Å². The van der Waals surface area contributed by atoms with E-state index in [2.05, 4.69) is 5.32 Å². The number of carboxylic acids is 1. The fourth-order valence-corrected chi connectivity index (χ4v) is 2.36.